The first kappa shape index (κ1) is 14.3. The van der Waals surface area contributed by atoms with Gasteiger partial charge in [0.1, 0.15) is 6.10 Å². The Labute approximate surface area is 105 Å². The highest BCUT2D eigenvalue weighted by Crippen LogP contribution is 2.28. The van der Waals surface area contributed by atoms with Gasteiger partial charge >= 0.3 is 0 Å². The van der Waals surface area contributed by atoms with Crippen molar-refractivity contribution in [3.8, 4) is 12.3 Å². The fourth-order valence-corrected chi connectivity index (χ4v) is 1.98. The van der Waals surface area contributed by atoms with Crippen molar-refractivity contribution >= 4 is 0 Å². The number of unbranched alkanes of at least 4 members (excludes halogenated alkanes) is 4. The second-order valence-corrected chi connectivity index (χ2v) is 4.96. The molecule has 1 heterocycles. The molecule has 1 aliphatic heterocycles. The molecule has 1 aliphatic rings. The highest BCUT2D eigenvalue weighted by molar-refractivity contribution is 5.09. The molecule has 2 nitrogen and oxygen atoms in total. The van der Waals surface area contributed by atoms with Crippen molar-refractivity contribution in [3.05, 3.63) is 12.2 Å². The second kappa shape index (κ2) is 6.83. The lowest BCUT2D eigenvalue weighted by atomic mass is 10.1. The van der Waals surface area contributed by atoms with Crippen LogP contribution in [0.15, 0.2) is 12.2 Å². The molecule has 1 saturated heterocycles. The maximum absolute atomic E-state index is 5.73. The second-order valence-electron chi connectivity index (χ2n) is 4.96. The van der Waals surface area contributed by atoms with Crippen molar-refractivity contribution in [1.29, 1.82) is 0 Å². The van der Waals surface area contributed by atoms with E-state index in [4.69, 9.17) is 15.9 Å². The van der Waals surface area contributed by atoms with Crippen LogP contribution in [0.2, 0.25) is 0 Å². The van der Waals surface area contributed by atoms with Gasteiger partial charge in [0.05, 0.1) is 0 Å². The number of hydrogen-bond acceptors (Lipinski definition) is 2. The minimum Gasteiger partial charge on any atom is -0.339 e. The van der Waals surface area contributed by atoms with Crippen molar-refractivity contribution in [2.75, 3.05) is 0 Å². The van der Waals surface area contributed by atoms with E-state index in [-0.39, 0.29) is 12.2 Å². The van der Waals surface area contributed by atoms with Crippen LogP contribution in [0.4, 0.5) is 0 Å². The molecular formula is C15H24O2. The van der Waals surface area contributed by atoms with Gasteiger partial charge in [-0.05, 0) is 26.7 Å². The minimum atomic E-state index is -0.561. The lowest BCUT2D eigenvalue weighted by Gasteiger charge is -2.15. The predicted molar refractivity (Wildman–Crippen MR) is 70.6 cm³/mol. The molecule has 0 radical (unpaired) electrons. The first-order valence-corrected chi connectivity index (χ1v) is 6.57. The highest BCUT2D eigenvalue weighted by Gasteiger charge is 2.38. The van der Waals surface area contributed by atoms with E-state index in [0.717, 1.165) is 6.42 Å². The molecule has 2 unspecified atom stereocenters. The summed E-state index contributed by atoms with van der Waals surface area (Å²) in [5.74, 6) is 2.07. The van der Waals surface area contributed by atoms with Crippen LogP contribution >= 0.6 is 0 Å². The summed E-state index contributed by atoms with van der Waals surface area (Å²) in [7, 11) is 0. The lowest BCUT2D eigenvalue weighted by Crippen LogP contribution is -2.20. The van der Waals surface area contributed by atoms with Gasteiger partial charge in [0.15, 0.2) is 11.9 Å². The summed E-state index contributed by atoms with van der Waals surface area (Å²) in [5, 5.41) is 0. The zero-order valence-corrected chi connectivity index (χ0v) is 11.2. The Morgan fingerprint density at radius 3 is 2.65 bits per heavy atom. The van der Waals surface area contributed by atoms with Gasteiger partial charge in [-0.3, -0.25) is 0 Å². The quantitative estimate of drug-likeness (QED) is 0.398. The Morgan fingerprint density at radius 1 is 1.24 bits per heavy atom. The molecule has 96 valence electrons. The van der Waals surface area contributed by atoms with E-state index < -0.39 is 5.79 Å². The first-order chi connectivity index (χ1) is 8.09. The largest absolute Gasteiger partial charge is 0.339 e. The number of allylic oxidation sites excluding steroid dienone is 1. The summed E-state index contributed by atoms with van der Waals surface area (Å²) < 4.78 is 11.3. The standard InChI is InChI=1S/C15H24O2/c1-5-7-8-9-10-11-12-14-13(6-2)16-15(3,4)17-14/h2,11-14H,5,7-10H2,1,3-4H3/b12-11+. The maximum Gasteiger partial charge on any atom is 0.165 e. The van der Waals surface area contributed by atoms with Crippen molar-refractivity contribution < 1.29 is 9.47 Å². The molecule has 0 bridgehead atoms. The number of ether oxygens (including phenoxy) is 2. The topological polar surface area (TPSA) is 18.5 Å². The molecule has 0 aromatic heterocycles. The molecule has 0 aliphatic carbocycles. The summed E-state index contributed by atoms with van der Waals surface area (Å²) in [4.78, 5) is 0. The molecule has 1 fully saturated rings. The monoisotopic (exact) mass is 236 g/mol. The van der Waals surface area contributed by atoms with Crippen LogP contribution < -0.4 is 0 Å². The molecule has 0 amide bonds. The van der Waals surface area contributed by atoms with Gasteiger partial charge in [0.25, 0.3) is 0 Å². The Hall–Kier alpha value is -0.780. The molecule has 17 heavy (non-hydrogen) atoms. The molecule has 0 N–H and O–H groups in total. The molecule has 0 aromatic rings. The molecule has 2 heteroatoms. The summed E-state index contributed by atoms with van der Waals surface area (Å²) in [6.45, 7) is 6.01. The molecule has 2 atom stereocenters. The van der Waals surface area contributed by atoms with Crippen LogP contribution in [-0.4, -0.2) is 18.0 Å². The van der Waals surface area contributed by atoms with Crippen LogP contribution in [0, 0.1) is 12.3 Å². The third-order valence-corrected chi connectivity index (χ3v) is 2.84. The Balaban J connectivity index is 2.30. The summed E-state index contributed by atoms with van der Waals surface area (Å²) >= 11 is 0. The summed E-state index contributed by atoms with van der Waals surface area (Å²) in [6.07, 6.45) is 15.5. The normalized spacial score (nSPS) is 27.4. The van der Waals surface area contributed by atoms with Crippen molar-refractivity contribution in [2.45, 2.75) is 70.9 Å². The number of terminal acetylenes is 1. The summed E-state index contributed by atoms with van der Waals surface area (Å²) in [6, 6.07) is 0. The van der Waals surface area contributed by atoms with E-state index in [2.05, 4.69) is 18.9 Å². The maximum atomic E-state index is 5.73. The highest BCUT2D eigenvalue weighted by atomic mass is 16.7. The van der Waals surface area contributed by atoms with Gasteiger partial charge in [-0.1, -0.05) is 44.3 Å². The molecule has 0 aromatic carbocycles. The zero-order valence-electron chi connectivity index (χ0n) is 11.2. The van der Waals surface area contributed by atoms with Gasteiger partial charge in [-0.2, -0.15) is 0 Å². The SMILES string of the molecule is C#CC1OC(C)(C)OC1/C=C/CCCCCC. The van der Waals surface area contributed by atoms with Crippen LogP contribution in [0.25, 0.3) is 0 Å². The van der Waals surface area contributed by atoms with Crippen molar-refractivity contribution in [3.63, 3.8) is 0 Å². The van der Waals surface area contributed by atoms with Gasteiger partial charge < -0.3 is 9.47 Å². The molecular weight excluding hydrogens is 212 g/mol. The van der Waals surface area contributed by atoms with Crippen LogP contribution in [0.5, 0.6) is 0 Å². The van der Waals surface area contributed by atoms with Crippen molar-refractivity contribution in [1.82, 2.24) is 0 Å². The van der Waals surface area contributed by atoms with Crippen molar-refractivity contribution in [2.24, 2.45) is 0 Å². The smallest absolute Gasteiger partial charge is 0.165 e. The molecule has 1 rings (SSSR count). The van der Waals surface area contributed by atoms with E-state index in [1.54, 1.807) is 0 Å². The van der Waals surface area contributed by atoms with Gasteiger partial charge in [0, 0.05) is 0 Å². The lowest BCUT2D eigenvalue weighted by molar-refractivity contribution is -0.138. The van der Waals surface area contributed by atoms with E-state index in [1.165, 1.54) is 25.7 Å². The first-order valence-electron chi connectivity index (χ1n) is 6.57. The van der Waals surface area contributed by atoms with Crippen LogP contribution in [0.1, 0.15) is 52.9 Å². The number of rotatable bonds is 6. The van der Waals surface area contributed by atoms with E-state index >= 15 is 0 Å². The third kappa shape index (κ3) is 4.93. The summed E-state index contributed by atoms with van der Waals surface area (Å²) in [5.41, 5.74) is 0. The average Bonchev–Trinajstić information content (AvgIpc) is 2.58. The van der Waals surface area contributed by atoms with Crippen LogP contribution in [0.3, 0.4) is 0 Å². The van der Waals surface area contributed by atoms with Crippen LogP contribution in [-0.2, 0) is 9.47 Å². The predicted octanol–water partition coefficient (Wildman–Crippen LogP) is 3.67. The average molecular weight is 236 g/mol. The van der Waals surface area contributed by atoms with E-state index in [1.807, 2.05) is 19.9 Å². The van der Waals surface area contributed by atoms with Gasteiger partial charge in [0.2, 0.25) is 0 Å². The fraction of sp³-hybridized carbons (Fsp3) is 0.733. The Kier molecular flexibility index (Phi) is 5.74. The minimum absolute atomic E-state index is 0.0961. The Morgan fingerprint density at radius 2 is 2.00 bits per heavy atom. The van der Waals surface area contributed by atoms with E-state index in [0.29, 0.717) is 0 Å². The number of hydrogen-bond donors (Lipinski definition) is 0. The van der Waals surface area contributed by atoms with Gasteiger partial charge in [-0.25, -0.2) is 0 Å². The Bertz CT molecular complexity index is 286. The third-order valence-electron chi connectivity index (χ3n) is 2.84. The zero-order chi connectivity index (χ0) is 12.7. The molecule has 0 spiro atoms. The van der Waals surface area contributed by atoms with E-state index in [9.17, 15) is 0 Å². The fourth-order valence-electron chi connectivity index (χ4n) is 1.98. The van der Waals surface area contributed by atoms with Gasteiger partial charge in [-0.15, -0.1) is 6.42 Å². The molecule has 0 saturated carbocycles.